The number of carbonyl (C=O) groups excluding carboxylic acids is 1. The van der Waals surface area contributed by atoms with E-state index < -0.39 is 5.41 Å². The zero-order valence-corrected chi connectivity index (χ0v) is 34.3. The third-order valence-electron chi connectivity index (χ3n) is 10.6. The Hall–Kier alpha value is -3.52. The summed E-state index contributed by atoms with van der Waals surface area (Å²) in [4.78, 5) is 17.0. The second-order valence-corrected chi connectivity index (χ2v) is 16.1. The summed E-state index contributed by atoms with van der Waals surface area (Å²) >= 11 is 0. The minimum atomic E-state index is -0.440. The monoisotopic (exact) mass is 852 g/mol. The fourth-order valence-corrected chi connectivity index (χ4v) is 6.36. The van der Waals surface area contributed by atoms with Crippen LogP contribution in [-0.2, 0) is 37.7 Å². The fourth-order valence-electron chi connectivity index (χ4n) is 6.36. The number of carbonyl (C=O) groups is 1. The second-order valence-electron chi connectivity index (χ2n) is 16.1. The van der Waals surface area contributed by atoms with Crippen molar-refractivity contribution in [1.29, 1.82) is 5.26 Å². The van der Waals surface area contributed by atoms with E-state index >= 15 is 0 Å². The first-order valence-electron chi connectivity index (χ1n) is 17.9. The Kier molecular flexibility index (Phi) is 12.9. The predicted octanol–water partition coefficient (Wildman–Crippen LogP) is 12.3. The van der Waals surface area contributed by atoms with Crippen molar-refractivity contribution < 1.29 is 34.7 Å². The molecule has 5 nitrogen and oxygen atoms in total. The SMILES string of the molecule is CC(C)(C)Cc1c2c([c-]c3ccccc13)-c1nccc3cc(CC(C)(C)C#N)cc(c13)O2.CCC(C)(CC)C(=O)/C=C(\O)C(C)(CC)CC.[Ir]. The minimum absolute atomic E-state index is 0. The van der Waals surface area contributed by atoms with Gasteiger partial charge < -0.3 is 9.84 Å². The van der Waals surface area contributed by atoms with E-state index in [1.54, 1.807) is 0 Å². The summed E-state index contributed by atoms with van der Waals surface area (Å²) in [6.45, 7) is 22.8. The summed E-state index contributed by atoms with van der Waals surface area (Å²) in [5.74, 6) is 1.97. The third kappa shape index (κ3) is 8.67. The number of hydrogen-bond acceptors (Lipinski definition) is 5. The number of benzene rings is 3. The summed E-state index contributed by atoms with van der Waals surface area (Å²) in [6, 6.07) is 20.7. The first-order valence-corrected chi connectivity index (χ1v) is 17.9. The van der Waals surface area contributed by atoms with E-state index in [1.165, 1.54) is 17.0 Å². The quantitative estimate of drug-likeness (QED) is 0.0860. The van der Waals surface area contributed by atoms with Gasteiger partial charge in [-0.2, -0.15) is 5.26 Å². The number of fused-ring (bicyclic) bond motifs is 3. The van der Waals surface area contributed by atoms with Crippen LogP contribution in [0.1, 0.15) is 113 Å². The zero-order valence-electron chi connectivity index (χ0n) is 31.9. The van der Waals surface area contributed by atoms with Crippen molar-refractivity contribution in [1.82, 2.24) is 4.98 Å². The molecular formula is C44H55IrN2O3-. The molecule has 1 radical (unpaired) electrons. The molecule has 1 aromatic heterocycles. The zero-order chi connectivity index (χ0) is 36.4. The smallest absolute Gasteiger partial charge is 0.164 e. The number of aromatic nitrogens is 1. The summed E-state index contributed by atoms with van der Waals surface area (Å²) in [5, 5.41) is 24.0. The average Bonchev–Trinajstić information content (AvgIpc) is 3.07. The number of allylic oxidation sites excluding steroid dienone is 2. The van der Waals surface area contributed by atoms with Crippen molar-refractivity contribution in [2.75, 3.05) is 0 Å². The van der Waals surface area contributed by atoms with Crippen molar-refractivity contribution in [3.05, 3.63) is 77.7 Å². The Balaban J connectivity index is 0.000000323. The van der Waals surface area contributed by atoms with Crippen LogP contribution in [0.3, 0.4) is 0 Å². The molecule has 0 saturated heterocycles. The van der Waals surface area contributed by atoms with Gasteiger partial charge >= 0.3 is 0 Å². The van der Waals surface area contributed by atoms with Gasteiger partial charge in [-0.15, -0.1) is 17.5 Å². The van der Waals surface area contributed by atoms with Gasteiger partial charge in [-0.3, -0.25) is 9.78 Å². The van der Waals surface area contributed by atoms with E-state index in [0.29, 0.717) is 6.42 Å². The van der Waals surface area contributed by atoms with Gasteiger partial charge in [0.15, 0.2) is 5.78 Å². The number of hydrogen-bond donors (Lipinski definition) is 1. The number of rotatable bonds is 10. The van der Waals surface area contributed by atoms with Crippen LogP contribution in [-0.4, -0.2) is 15.9 Å². The molecule has 2 heterocycles. The Morgan fingerprint density at radius 2 is 1.54 bits per heavy atom. The molecule has 0 amide bonds. The number of ketones is 1. The van der Waals surface area contributed by atoms with Gasteiger partial charge in [-0.1, -0.05) is 103 Å². The molecule has 0 saturated carbocycles. The maximum Gasteiger partial charge on any atom is 0.164 e. The van der Waals surface area contributed by atoms with Crippen LogP contribution in [0.25, 0.3) is 32.8 Å². The number of nitrogens with zero attached hydrogens (tertiary/aromatic N) is 2. The third-order valence-corrected chi connectivity index (χ3v) is 10.6. The summed E-state index contributed by atoms with van der Waals surface area (Å²) < 4.78 is 6.67. The standard InChI is InChI=1S/C29H27N2O.C15H28O2.Ir/c1-28(2,3)16-23-21-9-7-6-8-19(21)14-22-26-25-20(10-11-31-26)12-18(15-29(4,5)17-30)13-24(25)32-27(22)23;1-7-14(5,8-2)12(16)11-13(17)15(6,9-3)10-4;/h6-13H,15-16H2,1-5H3;11,16H,7-10H2,1-6H3;/q-1;;/b;12-11-;. The first kappa shape index (κ1) is 40.9. The van der Waals surface area contributed by atoms with E-state index in [0.717, 1.165) is 76.6 Å². The molecule has 3 aromatic carbocycles. The predicted molar refractivity (Wildman–Crippen MR) is 203 cm³/mol. The maximum absolute atomic E-state index is 12.2. The van der Waals surface area contributed by atoms with Crippen molar-refractivity contribution in [3.63, 3.8) is 0 Å². The minimum Gasteiger partial charge on any atom is -0.512 e. The number of pyridine rings is 1. The molecule has 0 unspecified atom stereocenters. The van der Waals surface area contributed by atoms with Crippen LogP contribution in [0.2, 0.25) is 0 Å². The van der Waals surface area contributed by atoms with E-state index in [2.05, 4.69) is 69.3 Å². The normalized spacial score (nSPS) is 13.0. The summed E-state index contributed by atoms with van der Waals surface area (Å²) in [6.07, 6.45) is 8.17. The van der Waals surface area contributed by atoms with Crippen LogP contribution in [0.4, 0.5) is 0 Å². The van der Waals surface area contributed by atoms with Gasteiger partial charge in [0, 0.05) is 54.3 Å². The van der Waals surface area contributed by atoms with Gasteiger partial charge in [0.05, 0.1) is 17.2 Å². The van der Waals surface area contributed by atoms with E-state index in [9.17, 15) is 15.2 Å². The molecule has 269 valence electrons. The molecule has 0 spiro atoms. The fraction of sp³-hybridized carbons (Fsp3) is 0.477. The molecular weight excluding hydrogens is 797 g/mol. The number of nitriles is 1. The average molecular weight is 852 g/mol. The van der Waals surface area contributed by atoms with E-state index in [4.69, 9.17) is 9.72 Å². The first-order chi connectivity index (χ1) is 22.9. The van der Waals surface area contributed by atoms with Crippen LogP contribution in [0, 0.1) is 39.1 Å². The van der Waals surface area contributed by atoms with Gasteiger partial charge in [-0.05, 0) is 80.9 Å². The van der Waals surface area contributed by atoms with Crippen LogP contribution in [0.15, 0.2) is 60.5 Å². The molecule has 0 bridgehead atoms. The number of aliphatic hydroxyl groups is 1. The van der Waals surface area contributed by atoms with Crippen molar-refractivity contribution >= 4 is 27.3 Å². The van der Waals surface area contributed by atoms with E-state index in [1.807, 2.05) is 67.7 Å². The summed E-state index contributed by atoms with van der Waals surface area (Å²) in [7, 11) is 0. The van der Waals surface area contributed by atoms with Gasteiger partial charge in [0.2, 0.25) is 0 Å². The molecule has 1 N–H and O–H groups in total. The molecule has 0 atom stereocenters. The Morgan fingerprint density at radius 1 is 0.920 bits per heavy atom. The molecule has 5 rings (SSSR count). The Bertz CT molecular complexity index is 1920. The molecule has 0 fully saturated rings. The molecule has 6 heteroatoms. The van der Waals surface area contributed by atoms with Crippen LogP contribution >= 0.6 is 0 Å². The molecule has 0 aliphatic carbocycles. The van der Waals surface area contributed by atoms with E-state index in [-0.39, 0.29) is 47.9 Å². The molecule has 50 heavy (non-hydrogen) atoms. The van der Waals surface area contributed by atoms with Gasteiger partial charge in [0.25, 0.3) is 0 Å². The Labute approximate surface area is 313 Å². The van der Waals surface area contributed by atoms with Gasteiger partial charge in [0.1, 0.15) is 11.5 Å². The Morgan fingerprint density at radius 3 is 2.12 bits per heavy atom. The van der Waals surface area contributed by atoms with Crippen molar-refractivity contribution in [2.45, 2.75) is 115 Å². The molecule has 1 aliphatic rings. The largest absolute Gasteiger partial charge is 0.512 e. The molecule has 1 aliphatic heterocycles. The van der Waals surface area contributed by atoms with Crippen molar-refractivity contribution in [2.24, 2.45) is 21.7 Å². The number of ether oxygens (including phenoxy) is 1. The van der Waals surface area contributed by atoms with Crippen LogP contribution < -0.4 is 4.74 Å². The summed E-state index contributed by atoms with van der Waals surface area (Å²) in [5.41, 5.74) is 3.21. The van der Waals surface area contributed by atoms with Crippen molar-refractivity contribution in [3.8, 4) is 28.8 Å². The van der Waals surface area contributed by atoms with Gasteiger partial charge in [-0.25, -0.2) is 0 Å². The maximum atomic E-state index is 12.2. The topological polar surface area (TPSA) is 83.2 Å². The van der Waals surface area contributed by atoms with Crippen LogP contribution in [0.5, 0.6) is 11.5 Å². The second kappa shape index (κ2) is 15.8. The number of aliphatic hydroxyl groups excluding tert-OH is 1. The molecule has 4 aromatic rings.